The van der Waals surface area contributed by atoms with Crippen LogP contribution in [0, 0.1) is 23.6 Å². The summed E-state index contributed by atoms with van der Waals surface area (Å²) in [4.78, 5) is 19.7. The zero-order valence-corrected chi connectivity index (χ0v) is 20.9. The van der Waals surface area contributed by atoms with Crippen LogP contribution in [0.15, 0.2) is 48.7 Å². The zero-order valence-electron chi connectivity index (χ0n) is 20.9. The van der Waals surface area contributed by atoms with Gasteiger partial charge in [-0.25, -0.2) is 4.39 Å². The number of ether oxygens (including phenoxy) is 2. The van der Waals surface area contributed by atoms with Gasteiger partial charge in [0.15, 0.2) is 0 Å². The highest BCUT2D eigenvalue weighted by atomic mass is 19.1. The lowest BCUT2D eigenvalue weighted by Gasteiger charge is -2.41. The molecule has 6 nitrogen and oxygen atoms in total. The van der Waals surface area contributed by atoms with Gasteiger partial charge >= 0.3 is 0 Å². The van der Waals surface area contributed by atoms with Crippen LogP contribution in [0.5, 0.6) is 5.75 Å². The van der Waals surface area contributed by atoms with Gasteiger partial charge in [0, 0.05) is 36.3 Å². The Morgan fingerprint density at radius 1 is 1.05 bits per heavy atom. The van der Waals surface area contributed by atoms with Crippen molar-refractivity contribution in [1.82, 2.24) is 4.98 Å². The number of amides is 1. The highest BCUT2D eigenvalue weighted by molar-refractivity contribution is 5.91. The number of hydrogen-bond acceptors (Lipinski definition) is 5. The molecule has 3 heterocycles. The molecule has 37 heavy (non-hydrogen) atoms. The van der Waals surface area contributed by atoms with Crippen LogP contribution in [0.1, 0.15) is 43.6 Å². The second kappa shape index (κ2) is 9.28. The maximum Gasteiger partial charge on any atom is 0.224 e. The molecule has 0 spiro atoms. The summed E-state index contributed by atoms with van der Waals surface area (Å²) in [5, 5.41) is 4.06. The predicted octanol–water partition coefficient (Wildman–Crippen LogP) is 5.52. The standard InChI is InChI=1S/C30H32FN3O3/c31-22-1-3-27-26(14-22)25(5-6-32-27)21-12-19-9-18(10-20(19)13-21)11-30(35)33-23-2-4-28-29(15-23)37-17-24-16-36-8-7-34(24)28/h1-6,14-15,18-21,24H,7-13,16-17H2,(H,33,35)/t18-,19-,20?,21?,24?/m1/s1. The van der Waals surface area contributed by atoms with Crippen LogP contribution in [0.2, 0.25) is 0 Å². The quantitative estimate of drug-likeness (QED) is 0.510. The number of aromatic nitrogens is 1. The van der Waals surface area contributed by atoms with Gasteiger partial charge in [-0.3, -0.25) is 9.78 Å². The van der Waals surface area contributed by atoms with Gasteiger partial charge in [0.1, 0.15) is 18.2 Å². The van der Waals surface area contributed by atoms with Crippen molar-refractivity contribution >= 4 is 28.2 Å². The van der Waals surface area contributed by atoms with E-state index in [0.717, 1.165) is 66.9 Å². The lowest BCUT2D eigenvalue weighted by molar-refractivity contribution is -0.117. The maximum absolute atomic E-state index is 13.9. The van der Waals surface area contributed by atoms with E-state index in [9.17, 15) is 9.18 Å². The second-order valence-corrected chi connectivity index (χ2v) is 11.3. The fraction of sp³-hybridized carbons (Fsp3) is 0.467. The number of fused-ring (bicyclic) bond motifs is 5. The number of benzene rings is 2. The van der Waals surface area contributed by atoms with Gasteiger partial charge in [0.25, 0.3) is 0 Å². The van der Waals surface area contributed by atoms with Gasteiger partial charge in [-0.2, -0.15) is 0 Å². The molecule has 4 aliphatic rings. The van der Waals surface area contributed by atoms with Crippen molar-refractivity contribution in [2.45, 2.75) is 44.1 Å². The van der Waals surface area contributed by atoms with E-state index < -0.39 is 0 Å². The van der Waals surface area contributed by atoms with E-state index in [1.807, 2.05) is 18.3 Å². The molecule has 2 aliphatic carbocycles. The summed E-state index contributed by atoms with van der Waals surface area (Å²) in [6, 6.07) is 13.2. The van der Waals surface area contributed by atoms with Gasteiger partial charge in [-0.1, -0.05) is 0 Å². The Bertz CT molecular complexity index is 1330. The number of carbonyl (C=O) groups is 1. The van der Waals surface area contributed by atoms with Gasteiger partial charge in [0.2, 0.25) is 5.91 Å². The van der Waals surface area contributed by atoms with Crippen molar-refractivity contribution in [3.05, 3.63) is 60.0 Å². The topological polar surface area (TPSA) is 63.7 Å². The summed E-state index contributed by atoms with van der Waals surface area (Å²) < 4.78 is 25.5. The first-order valence-electron chi connectivity index (χ1n) is 13.6. The molecule has 7 heteroatoms. The number of nitrogens with one attached hydrogen (secondary N) is 1. The van der Waals surface area contributed by atoms with E-state index in [1.165, 1.54) is 11.6 Å². The van der Waals surface area contributed by atoms with Gasteiger partial charge in [-0.15, -0.1) is 0 Å². The van der Waals surface area contributed by atoms with E-state index >= 15 is 0 Å². The Kier molecular flexibility index (Phi) is 5.76. The molecule has 1 saturated heterocycles. The molecular weight excluding hydrogens is 469 g/mol. The minimum Gasteiger partial charge on any atom is -0.489 e. The molecule has 3 fully saturated rings. The van der Waals surface area contributed by atoms with E-state index in [1.54, 1.807) is 12.1 Å². The van der Waals surface area contributed by atoms with Crippen LogP contribution in [0.4, 0.5) is 15.8 Å². The minimum absolute atomic E-state index is 0.0807. The molecule has 7 rings (SSSR count). The molecule has 192 valence electrons. The first kappa shape index (κ1) is 23.0. The van der Waals surface area contributed by atoms with Crippen LogP contribution in [-0.4, -0.2) is 43.3 Å². The Hall–Kier alpha value is -3.19. The molecule has 0 radical (unpaired) electrons. The van der Waals surface area contributed by atoms with Crippen LogP contribution in [0.25, 0.3) is 10.9 Å². The predicted molar refractivity (Wildman–Crippen MR) is 141 cm³/mol. The molecule has 0 bridgehead atoms. The summed E-state index contributed by atoms with van der Waals surface area (Å²) in [7, 11) is 0. The number of rotatable bonds is 4. The van der Waals surface area contributed by atoms with Gasteiger partial charge in [0.05, 0.1) is 30.5 Å². The molecule has 1 aromatic heterocycles. The van der Waals surface area contributed by atoms with Crippen LogP contribution >= 0.6 is 0 Å². The summed E-state index contributed by atoms with van der Waals surface area (Å²) in [5.41, 5.74) is 3.97. The molecule has 2 saturated carbocycles. The minimum atomic E-state index is -0.207. The molecular formula is C30H32FN3O3. The number of nitrogens with zero attached hydrogens (tertiary/aromatic N) is 2. The molecule has 1 N–H and O–H groups in total. The Morgan fingerprint density at radius 2 is 1.92 bits per heavy atom. The number of pyridine rings is 1. The number of morpholine rings is 1. The Balaban J connectivity index is 0.964. The van der Waals surface area contributed by atoms with E-state index in [2.05, 4.69) is 27.3 Å². The van der Waals surface area contributed by atoms with Gasteiger partial charge in [-0.05, 0) is 91.3 Å². The number of carbonyl (C=O) groups excluding carboxylic acids is 1. The van der Waals surface area contributed by atoms with E-state index in [-0.39, 0.29) is 17.8 Å². The summed E-state index contributed by atoms with van der Waals surface area (Å²) in [6.07, 6.45) is 6.83. The third-order valence-corrected chi connectivity index (χ3v) is 8.98. The Labute approximate surface area is 216 Å². The lowest BCUT2D eigenvalue weighted by Crippen LogP contribution is -2.51. The van der Waals surface area contributed by atoms with Crippen molar-refractivity contribution in [3.63, 3.8) is 0 Å². The zero-order chi connectivity index (χ0) is 24.9. The Morgan fingerprint density at radius 3 is 2.78 bits per heavy atom. The molecule has 2 aromatic carbocycles. The largest absolute Gasteiger partial charge is 0.489 e. The lowest BCUT2D eigenvalue weighted by atomic mass is 9.89. The highest BCUT2D eigenvalue weighted by Crippen LogP contribution is 2.54. The van der Waals surface area contributed by atoms with E-state index in [4.69, 9.17) is 9.47 Å². The molecule has 5 atom stereocenters. The normalized spacial score (nSPS) is 28.4. The average molecular weight is 502 g/mol. The SMILES string of the molecule is O=C(C[C@H]1CC2CC(c3ccnc4ccc(F)cc34)C[C@H]2C1)Nc1ccc2c(c1)OCC1COCCN21. The van der Waals surface area contributed by atoms with Crippen LogP contribution in [-0.2, 0) is 9.53 Å². The van der Waals surface area contributed by atoms with Crippen molar-refractivity contribution in [2.75, 3.05) is 36.6 Å². The summed E-state index contributed by atoms with van der Waals surface area (Å²) in [5.74, 6) is 2.85. The molecule has 3 unspecified atom stereocenters. The first-order valence-corrected chi connectivity index (χ1v) is 13.6. The van der Waals surface area contributed by atoms with Crippen molar-refractivity contribution in [2.24, 2.45) is 17.8 Å². The number of halogens is 1. The average Bonchev–Trinajstić information content (AvgIpc) is 3.46. The molecule has 1 amide bonds. The smallest absolute Gasteiger partial charge is 0.224 e. The fourth-order valence-electron chi connectivity index (χ4n) is 7.37. The molecule has 3 aromatic rings. The van der Waals surface area contributed by atoms with Crippen LogP contribution < -0.4 is 15.0 Å². The van der Waals surface area contributed by atoms with Crippen molar-refractivity contribution < 1.29 is 18.7 Å². The van der Waals surface area contributed by atoms with Crippen molar-refractivity contribution in [1.29, 1.82) is 0 Å². The van der Waals surface area contributed by atoms with Crippen LogP contribution in [0.3, 0.4) is 0 Å². The third kappa shape index (κ3) is 4.33. The van der Waals surface area contributed by atoms with Gasteiger partial charge < -0.3 is 19.7 Å². The highest BCUT2D eigenvalue weighted by Gasteiger charge is 2.42. The monoisotopic (exact) mass is 501 g/mol. The van der Waals surface area contributed by atoms with E-state index in [0.29, 0.717) is 43.3 Å². The number of hydrogen-bond donors (Lipinski definition) is 1. The number of anilines is 2. The summed E-state index contributed by atoms with van der Waals surface area (Å²) in [6.45, 7) is 2.91. The third-order valence-electron chi connectivity index (χ3n) is 8.98. The fourth-order valence-corrected chi connectivity index (χ4v) is 7.37. The molecule has 2 aliphatic heterocycles. The first-order chi connectivity index (χ1) is 18.1. The summed E-state index contributed by atoms with van der Waals surface area (Å²) >= 11 is 0. The maximum atomic E-state index is 13.9. The van der Waals surface area contributed by atoms with Crippen molar-refractivity contribution in [3.8, 4) is 5.75 Å². The second-order valence-electron chi connectivity index (χ2n) is 11.3.